The van der Waals surface area contributed by atoms with E-state index >= 15 is 0 Å². The van der Waals surface area contributed by atoms with Crippen LogP contribution in [0.1, 0.15) is 10.8 Å². The molecule has 0 atom stereocenters. The number of aromatic nitrogens is 2. The molecular weight excluding hydrogens is 250 g/mol. The van der Waals surface area contributed by atoms with Gasteiger partial charge in [-0.3, -0.25) is 0 Å². The van der Waals surface area contributed by atoms with Crippen molar-refractivity contribution in [1.29, 1.82) is 0 Å². The van der Waals surface area contributed by atoms with Crippen LogP contribution in [0.2, 0.25) is 0 Å². The third kappa shape index (κ3) is 3.38. The number of hydrogen-bond donors (Lipinski definition) is 1. The first-order valence-electron chi connectivity index (χ1n) is 5.87. The highest BCUT2D eigenvalue weighted by molar-refractivity contribution is 7.14. The molecule has 0 aliphatic carbocycles. The summed E-state index contributed by atoms with van der Waals surface area (Å²) in [7, 11) is 1.70. The zero-order valence-electron chi connectivity index (χ0n) is 10.6. The SMILES string of the molecule is COCCNCCc1nnc(-c2ccoc2C)s1. The normalized spacial score (nSPS) is 11.0. The van der Waals surface area contributed by atoms with Crippen LogP contribution >= 0.6 is 11.3 Å². The summed E-state index contributed by atoms with van der Waals surface area (Å²) < 4.78 is 10.2. The lowest BCUT2D eigenvalue weighted by Crippen LogP contribution is -2.21. The lowest BCUT2D eigenvalue weighted by atomic mass is 10.3. The molecule has 0 radical (unpaired) electrons. The van der Waals surface area contributed by atoms with Crippen LogP contribution in [0, 0.1) is 6.92 Å². The quantitative estimate of drug-likeness (QED) is 0.776. The number of ether oxygens (including phenoxy) is 1. The van der Waals surface area contributed by atoms with E-state index in [-0.39, 0.29) is 0 Å². The van der Waals surface area contributed by atoms with Gasteiger partial charge in [0.05, 0.1) is 18.4 Å². The van der Waals surface area contributed by atoms with Crippen molar-refractivity contribution in [3.63, 3.8) is 0 Å². The number of furan rings is 1. The van der Waals surface area contributed by atoms with Crippen molar-refractivity contribution in [2.45, 2.75) is 13.3 Å². The molecule has 0 aliphatic heterocycles. The molecule has 18 heavy (non-hydrogen) atoms. The highest BCUT2D eigenvalue weighted by Gasteiger charge is 2.10. The molecule has 2 heterocycles. The van der Waals surface area contributed by atoms with Gasteiger partial charge in [-0.1, -0.05) is 11.3 Å². The summed E-state index contributed by atoms with van der Waals surface area (Å²) in [6, 6.07) is 1.93. The van der Waals surface area contributed by atoms with Crippen LogP contribution in [-0.4, -0.2) is 37.0 Å². The Labute approximate surface area is 110 Å². The lowest BCUT2D eigenvalue weighted by molar-refractivity contribution is 0.199. The van der Waals surface area contributed by atoms with Gasteiger partial charge in [0.1, 0.15) is 10.8 Å². The highest BCUT2D eigenvalue weighted by atomic mass is 32.1. The summed E-state index contributed by atoms with van der Waals surface area (Å²) in [6.07, 6.45) is 2.57. The Morgan fingerprint density at radius 3 is 3.00 bits per heavy atom. The first-order chi connectivity index (χ1) is 8.81. The smallest absolute Gasteiger partial charge is 0.151 e. The van der Waals surface area contributed by atoms with Crippen molar-refractivity contribution < 1.29 is 9.15 Å². The molecule has 2 aromatic heterocycles. The van der Waals surface area contributed by atoms with E-state index in [0.717, 1.165) is 47.5 Å². The van der Waals surface area contributed by atoms with Crippen molar-refractivity contribution in [3.8, 4) is 10.6 Å². The van der Waals surface area contributed by atoms with Gasteiger partial charge in [-0.25, -0.2) is 0 Å². The topological polar surface area (TPSA) is 60.2 Å². The van der Waals surface area contributed by atoms with Crippen molar-refractivity contribution in [3.05, 3.63) is 23.1 Å². The molecule has 1 N–H and O–H groups in total. The summed E-state index contributed by atoms with van der Waals surface area (Å²) in [5.41, 5.74) is 1.03. The number of hydrogen-bond acceptors (Lipinski definition) is 6. The van der Waals surface area contributed by atoms with Gasteiger partial charge in [-0.15, -0.1) is 10.2 Å². The minimum atomic E-state index is 0.732. The maximum Gasteiger partial charge on any atom is 0.151 e. The largest absolute Gasteiger partial charge is 0.469 e. The molecule has 98 valence electrons. The number of nitrogens with zero attached hydrogens (tertiary/aromatic N) is 2. The molecule has 0 amide bonds. The Hall–Kier alpha value is -1.24. The van der Waals surface area contributed by atoms with Crippen LogP contribution in [0.25, 0.3) is 10.6 Å². The summed E-state index contributed by atoms with van der Waals surface area (Å²) in [6.45, 7) is 4.42. The fraction of sp³-hybridized carbons (Fsp3) is 0.500. The molecule has 2 rings (SSSR count). The van der Waals surface area contributed by atoms with Gasteiger partial charge in [-0.2, -0.15) is 0 Å². The Morgan fingerprint density at radius 2 is 2.28 bits per heavy atom. The van der Waals surface area contributed by atoms with Crippen LogP contribution in [0.4, 0.5) is 0 Å². The van der Waals surface area contributed by atoms with E-state index in [4.69, 9.17) is 9.15 Å². The minimum Gasteiger partial charge on any atom is -0.469 e. The van der Waals surface area contributed by atoms with Crippen LogP contribution in [0.3, 0.4) is 0 Å². The Kier molecular flexibility index (Phi) is 4.86. The summed E-state index contributed by atoms with van der Waals surface area (Å²) >= 11 is 1.62. The number of aryl methyl sites for hydroxylation is 1. The molecule has 0 unspecified atom stereocenters. The lowest BCUT2D eigenvalue weighted by Gasteiger charge is -2.00. The second-order valence-corrected chi connectivity index (χ2v) is 4.95. The zero-order valence-corrected chi connectivity index (χ0v) is 11.4. The Bertz CT molecular complexity index is 481. The van der Waals surface area contributed by atoms with E-state index in [1.165, 1.54) is 0 Å². The fourth-order valence-corrected chi connectivity index (χ4v) is 2.48. The molecular formula is C12H17N3O2S. The van der Waals surface area contributed by atoms with Crippen molar-refractivity contribution in [2.24, 2.45) is 0 Å². The molecule has 0 fully saturated rings. The molecule has 0 aromatic carbocycles. The average molecular weight is 267 g/mol. The molecule has 0 aliphatic rings. The zero-order chi connectivity index (χ0) is 12.8. The fourth-order valence-electron chi connectivity index (χ4n) is 1.56. The van der Waals surface area contributed by atoms with E-state index in [9.17, 15) is 0 Å². The number of nitrogens with one attached hydrogen (secondary N) is 1. The van der Waals surface area contributed by atoms with Crippen molar-refractivity contribution in [1.82, 2.24) is 15.5 Å². The second-order valence-electron chi connectivity index (χ2n) is 3.88. The standard InChI is InChI=1S/C12H17N3O2S/c1-9-10(4-7-17-9)12-15-14-11(18-12)3-5-13-6-8-16-2/h4,7,13H,3,5-6,8H2,1-2H3. The van der Waals surface area contributed by atoms with E-state index < -0.39 is 0 Å². The van der Waals surface area contributed by atoms with Crippen LogP contribution in [0.15, 0.2) is 16.7 Å². The third-order valence-electron chi connectivity index (χ3n) is 2.55. The van der Waals surface area contributed by atoms with Gasteiger partial charge in [-0.05, 0) is 13.0 Å². The molecule has 2 aromatic rings. The third-order valence-corrected chi connectivity index (χ3v) is 3.57. The first-order valence-corrected chi connectivity index (χ1v) is 6.69. The van der Waals surface area contributed by atoms with Crippen LogP contribution < -0.4 is 5.32 Å². The Morgan fingerprint density at radius 1 is 1.39 bits per heavy atom. The maximum absolute atomic E-state index is 5.27. The number of methoxy groups -OCH3 is 1. The van der Waals surface area contributed by atoms with Gasteiger partial charge < -0.3 is 14.5 Å². The van der Waals surface area contributed by atoms with Gasteiger partial charge in [0.15, 0.2) is 5.01 Å². The van der Waals surface area contributed by atoms with E-state index in [0.29, 0.717) is 0 Å². The van der Waals surface area contributed by atoms with Crippen LogP contribution in [0.5, 0.6) is 0 Å². The van der Waals surface area contributed by atoms with E-state index in [1.807, 2.05) is 13.0 Å². The molecule has 0 spiro atoms. The summed E-state index contributed by atoms with van der Waals surface area (Å²) in [5.74, 6) is 0.885. The molecule has 0 saturated heterocycles. The van der Waals surface area contributed by atoms with Gasteiger partial charge in [0, 0.05) is 26.6 Å². The second kappa shape index (κ2) is 6.63. The maximum atomic E-state index is 5.27. The first kappa shape index (κ1) is 13.2. The summed E-state index contributed by atoms with van der Waals surface area (Å²) in [4.78, 5) is 0. The van der Waals surface area contributed by atoms with Crippen LogP contribution in [-0.2, 0) is 11.2 Å². The van der Waals surface area contributed by atoms with E-state index in [1.54, 1.807) is 24.7 Å². The summed E-state index contributed by atoms with van der Waals surface area (Å²) in [5, 5.41) is 13.6. The molecule has 6 heteroatoms. The molecule has 5 nitrogen and oxygen atoms in total. The van der Waals surface area contributed by atoms with Gasteiger partial charge in [0.2, 0.25) is 0 Å². The molecule has 0 bridgehead atoms. The molecule has 0 saturated carbocycles. The Balaban J connectivity index is 1.85. The highest BCUT2D eigenvalue weighted by Crippen LogP contribution is 2.27. The average Bonchev–Trinajstić information content (AvgIpc) is 2.97. The number of rotatable bonds is 7. The monoisotopic (exact) mass is 267 g/mol. The van der Waals surface area contributed by atoms with Crippen molar-refractivity contribution in [2.75, 3.05) is 26.8 Å². The van der Waals surface area contributed by atoms with Gasteiger partial charge >= 0.3 is 0 Å². The van der Waals surface area contributed by atoms with Crippen molar-refractivity contribution >= 4 is 11.3 Å². The minimum absolute atomic E-state index is 0.732. The van der Waals surface area contributed by atoms with E-state index in [2.05, 4.69) is 15.5 Å². The predicted octanol–water partition coefficient (Wildman–Crippen LogP) is 1.89. The predicted molar refractivity (Wildman–Crippen MR) is 70.8 cm³/mol. The van der Waals surface area contributed by atoms with Gasteiger partial charge in [0.25, 0.3) is 0 Å².